The largest absolute Gasteiger partial charge is 0.331 e. The van der Waals surface area contributed by atoms with Crippen LogP contribution in [0.3, 0.4) is 0 Å². The zero-order valence-electron chi connectivity index (χ0n) is 15.0. The number of ketones is 1. The highest BCUT2D eigenvalue weighted by atomic mass is 32.2. The molecule has 28 heavy (non-hydrogen) atoms. The van der Waals surface area contributed by atoms with Crippen molar-refractivity contribution in [1.82, 2.24) is 9.55 Å². The number of nitrogens with one attached hydrogen (secondary N) is 1. The van der Waals surface area contributed by atoms with Crippen molar-refractivity contribution in [1.29, 1.82) is 0 Å². The van der Waals surface area contributed by atoms with Crippen LogP contribution in [0.4, 0.5) is 14.5 Å². The molecule has 5 nitrogen and oxygen atoms in total. The predicted molar refractivity (Wildman–Crippen MR) is 103 cm³/mol. The molecular weight excluding hydrogens is 384 g/mol. The lowest BCUT2D eigenvalue weighted by Gasteiger charge is -2.07. The molecule has 0 radical (unpaired) electrons. The van der Waals surface area contributed by atoms with Crippen LogP contribution in [0.5, 0.6) is 0 Å². The van der Waals surface area contributed by atoms with Gasteiger partial charge in [0.15, 0.2) is 17.5 Å². The predicted octanol–water partition coefficient (Wildman–Crippen LogP) is 4.05. The van der Waals surface area contributed by atoms with Crippen LogP contribution >= 0.6 is 11.8 Å². The maximum Gasteiger partial charge on any atom is 0.228 e. The third-order valence-corrected chi connectivity index (χ3v) is 4.94. The first-order chi connectivity index (χ1) is 13.4. The van der Waals surface area contributed by atoms with Gasteiger partial charge in [0.25, 0.3) is 0 Å². The quantitative estimate of drug-likeness (QED) is 0.479. The number of nitrogens with zero attached hydrogens (tertiary/aromatic N) is 2. The SMILES string of the molecule is Cn1ccnc1C(=O)c1ccc(NC(=O)CCSc2ccc(F)c(F)c2)cc1. The zero-order valence-corrected chi connectivity index (χ0v) is 15.8. The van der Waals surface area contributed by atoms with Gasteiger partial charge in [0, 0.05) is 47.8 Å². The molecule has 0 fully saturated rings. The van der Waals surface area contributed by atoms with Crippen molar-refractivity contribution in [3.63, 3.8) is 0 Å². The molecule has 0 spiro atoms. The van der Waals surface area contributed by atoms with E-state index in [1.165, 1.54) is 17.8 Å². The number of hydrogen-bond acceptors (Lipinski definition) is 4. The van der Waals surface area contributed by atoms with Gasteiger partial charge in [-0.15, -0.1) is 11.8 Å². The molecule has 144 valence electrons. The van der Waals surface area contributed by atoms with Crippen LogP contribution in [0.25, 0.3) is 0 Å². The summed E-state index contributed by atoms with van der Waals surface area (Å²) in [7, 11) is 1.74. The lowest BCUT2D eigenvalue weighted by Crippen LogP contribution is -2.13. The van der Waals surface area contributed by atoms with Crippen LogP contribution in [0.15, 0.2) is 59.8 Å². The van der Waals surface area contributed by atoms with Gasteiger partial charge in [0.1, 0.15) is 0 Å². The number of carbonyl (C=O) groups excluding carboxylic acids is 2. The molecule has 8 heteroatoms. The number of carbonyl (C=O) groups is 2. The van der Waals surface area contributed by atoms with E-state index in [2.05, 4.69) is 10.3 Å². The Morgan fingerprint density at radius 3 is 2.50 bits per heavy atom. The number of amides is 1. The Kier molecular flexibility index (Phi) is 6.20. The fraction of sp³-hybridized carbons (Fsp3) is 0.150. The Balaban J connectivity index is 1.51. The number of anilines is 1. The lowest BCUT2D eigenvalue weighted by atomic mass is 10.1. The van der Waals surface area contributed by atoms with E-state index in [-0.39, 0.29) is 18.1 Å². The van der Waals surface area contributed by atoms with Crippen molar-refractivity contribution in [2.75, 3.05) is 11.1 Å². The van der Waals surface area contributed by atoms with Crippen LogP contribution in [0.2, 0.25) is 0 Å². The smallest absolute Gasteiger partial charge is 0.228 e. The van der Waals surface area contributed by atoms with Crippen molar-refractivity contribution in [3.8, 4) is 0 Å². The fourth-order valence-electron chi connectivity index (χ4n) is 2.47. The summed E-state index contributed by atoms with van der Waals surface area (Å²) in [5.41, 5.74) is 1.04. The molecule has 0 atom stereocenters. The van der Waals surface area contributed by atoms with E-state index in [0.717, 1.165) is 12.1 Å². The topological polar surface area (TPSA) is 64.0 Å². The number of benzene rings is 2. The lowest BCUT2D eigenvalue weighted by molar-refractivity contribution is -0.115. The first-order valence-corrected chi connectivity index (χ1v) is 9.42. The van der Waals surface area contributed by atoms with E-state index in [9.17, 15) is 18.4 Å². The number of halogens is 2. The Hall–Kier alpha value is -3.00. The molecule has 1 amide bonds. The van der Waals surface area contributed by atoms with Crippen molar-refractivity contribution in [3.05, 3.63) is 77.9 Å². The summed E-state index contributed by atoms with van der Waals surface area (Å²) in [5.74, 6) is -1.45. The first kappa shape index (κ1) is 19.8. The number of rotatable bonds is 7. The molecule has 0 saturated carbocycles. The van der Waals surface area contributed by atoms with Crippen molar-refractivity contribution in [2.45, 2.75) is 11.3 Å². The normalized spacial score (nSPS) is 10.7. The number of thioether (sulfide) groups is 1. The van der Waals surface area contributed by atoms with E-state index >= 15 is 0 Å². The fourth-order valence-corrected chi connectivity index (χ4v) is 3.34. The molecule has 0 aliphatic heterocycles. The zero-order chi connectivity index (χ0) is 20.1. The number of hydrogen-bond donors (Lipinski definition) is 1. The highest BCUT2D eigenvalue weighted by molar-refractivity contribution is 7.99. The highest BCUT2D eigenvalue weighted by Crippen LogP contribution is 2.21. The molecule has 1 N–H and O–H groups in total. The Bertz CT molecular complexity index is 1000. The first-order valence-electron chi connectivity index (χ1n) is 8.44. The second kappa shape index (κ2) is 8.79. The van der Waals surface area contributed by atoms with Gasteiger partial charge in [0.05, 0.1) is 0 Å². The molecule has 1 aromatic heterocycles. The summed E-state index contributed by atoms with van der Waals surface area (Å²) >= 11 is 1.27. The van der Waals surface area contributed by atoms with Crippen molar-refractivity contribution in [2.24, 2.45) is 7.05 Å². The van der Waals surface area contributed by atoms with Crippen LogP contribution in [0, 0.1) is 11.6 Å². The maximum atomic E-state index is 13.2. The number of aromatic nitrogens is 2. The molecule has 0 unspecified atom stereocenters. The standard InChI is InChI=1S/C20H17F2N3O2S/c1-25-10-9-23-20(25)19(27)13-2-4-14(5-3-13)24-18(26)8-11-28-15-6-7-16(21)17(22)12-15/h2-7,9-10,12H,8,11H2,1H3,(H,24,26). The molecule has 0 saturated heterocycles. The second-order valence-corrected chi connectivity index (χ2v) is 7.16. The van der Waals surface area contributed by atoms with Gasteiger partial charge in [-0.25, -0.2) is 13.8 Å². The molecular formula is C20H17F2N3O2S. The highest BCUT2D eigenvalue weighted by Gasteiger charge is 2.13. The number of aryl methyl sites for hydroxylation is 1. The van der Waals surface area contributed by atoms with Gasteiger partial charge in [-0.1, -0.05) is 0 Å². The van der Waals surface area contributed by atoms with Crippen LogP contribution in [0.1, 0.15) is 22.6 Å². The van der Waals surface area contributed by atoms with Crippen LogP contribution < -0.4 is 5.32 Å². The molecule has 3 rings (SSSR count). The molecule has 2 aromatic carbocycles. The van der Waals surface area contributed by atoms with Gasteiger partial charge in [-0.2, -0.15) is 0 Å². The van der Waals surface area contributed by atoms with Crippen LogP contribution in [-0.2, 0) is 11.8 Å². The Labute approximate surface area is 164 Å². The summed E-state index contributed by atoms with van der Waals surface area (Å²) in [6.45, 7) is 0. The summed E-state index contributed by atoms with van der Waals surface area (Å²) in [4.78, 5) is 29.0. The summed E-state index contributed by atoms with van der Waals surface area (Å²) < 4.78 is 27.7. The third-order valence-electron chi connectivity index (χ3n) is 3.94. The second-order valence-electron chi connectivity index (χ2n) is 5.99. The van der Waals surface area contributed by atoms with E-state index in [0.29, 0.717) is 27.7 Å². The van der Waals surface area contributed by atoms with E-state index < -0.39 is 11.6 Å². The van der Waals surface area contributed by atoms with Crippen molar-refractivity contribution < 1.29 is 18.4 Å². The minimum absolute atomic E-state index is 0.201. The molecule has 1 heterocycles. The average Bonchev–Trinajstić information content (AvgIpc) is 3.10. The van der Waals surface area contributed by atoms with Gasteiger partial charge in [0.2, 0.25) is 11.7 Å². The maximum absolute atomic E-state index is 13.2. The summed E-state index contributed by atoms with van der Waals surface area (Å²) in [6, 6.07) is 10.2. The molecule has 0 bridgehead atoms. The van der Waals surface area contributed by atoms with Gasteiger partial charge < -0.3 is 9.88 Å². The van der Waals surface area contributed by atoms with Crippen molar-refractivity contribution >= 4 is 29.1 Å². The van der Waals surface area contributed by atoms with Gasteiger partial charge >= 0.3 is 0 Å². The molecule has 0 aliphatic rings. The Morgan fingerprint density at radius 2 is 1.86 bits per heavy atom. The van der Waals surface area contributed by atoms with E-state index in [4.69, 9.17) is 0 Å². The summed E-state index contributed by atoms with van der Waals surface area (Å²) in [5, 5.41) is 2.74. The van der Waals surface area contributed by atoms with Gasteiger partial charge in [-0.05, 0) is 42.5 Å². The van der Waals surface area contributed by atoms with Crippen LogP contribution in [-0.4, -0.2) is 27.0 Å². The monoisotopic (exact) mass is 401 g/mol. The van der Waals surface area contributed by atoms with E-state index in [1.54, 1.807) is 48.3 Å². The third kappa shape index (κ3) is 4.83. The number of imidazole rings is 1. The molecule has 0 aliphatic carbocycles. The minimum atomic E-state index is -0.908. The summed E-state index contributed by atoms with van der Waals surface area (Å²) in [6.07, 6.45) is 3.46. The minimum Gasteiger partial charge on any atom is -0.331 e. The van der Waals surface area contributed by atoms with E-state index in [1.807, 2.05) is 0 Å². The molecule has 3 aromatic rings. The van der Waals surface area contributed by atoms with Gasteiger partial charge in [-0.3, -0.25) is 9.59 Å². The average molecular weight is 401 g/mol. The Morgan fingerprint density at radius 1 is 1.11 bits per heavy atom.